The highest BCUT2D eigenvalue weighted by Crippen LogP contribution is 2.35. The van der Waals surface area contributed by atoms with Crippen LogP contribution in [0.25, 0.3) is 0 Å². The van der Waals surface area contributed by atoms with Gasteiger partial charge < -0.3 is 15.1 Å². The maximum Gasteiger partial charge on any atom is 0.227 e. The number of piperidine rings is 1. The van der Waals surface area contributed by atoms with Gasteiger partial charge in [0, 0.05) is 48.2 Å². The van der Waals surface area contributed by atoms with Gasteiger partial charge in [-0.05, 0) is 63.5 Å². The van der Waals surface area contributed by atoms with Crippen molar-refractivity contribution in [3.05, 3.63) is 77.4 Å². The third-order valence-electron chi connectivity index (χ3n) is 7.12. The van der Waals surface area contributed by atoms with Crippen molar-refractivity contribution < 1.29 is 4.79 Å². The molecule has 1 fully saturated rings. The Hall–Kier alpha value is -3.32. The van der Waals surface area contributed by atoms with E-state index in [1.54, 1.807) is 6.20 Å². The number of hydrogen-bond donors (Lipinski definition) is 1. The molecule has 2 aliphatic rings. The molecule has 7 heteroatoms. The molecule has 7 nitrogen and oxygen atoms in total. The van der Waals surface area contributed by atoms with Crippen molar-refractivity contribution in [2.45, 2.75) is 45.2 Å². The molecule has 0 unspecified atom stereocenters. The van der Waals surface area contributed by atoms with Crippen molar-refractivity contribution in [2.24, 2.45) is 5.92 Å². The second-order valence-electron chi connectivity index (χ2n) is 9.67. The molecule has 1 saturated heterocycles. The molecule has 2 aromatic heterocycles. The lowest BCUT2D eigenvalue weighted by Crippen LogP contribution is -2.50. The highest BCUT2D eigenvalue weighted by Gasteiger charge is 2.39. The summed E-state index contributed by atoms with van der Waals surface area (Å²) < 4.78 is 0. The quantitative estimate of drug-likeness (QED) is 0.641. The van der Waals surface area contributed by atoms with Gasteiger partial charge in [-0.3, -0.25) is 9.78 Å². The summed E-state index contributed by atoms with van der Waals surface area (Å²) in [7, 11) is 2.14. The van der Waals surface area contributed by atoms with Crippen molar-refractivity contribution in [1.82, 2.24) is 24.8 Å². The Labute approximate surface area is 201 Å². The summed E-state index contributed by atoms with van der Waals surface area (Å²) in [6.07, 6.45) is 5.32. The van der Waals surface area contributed by atoms with E-state index in [0.717, 1.165) is 48.6 Å². The molecule has 4 heterocycles. The highest BCUT2D eigenvalue weighted by molar-refractivity contribution is 5.81. The Morgan fingerprint density at radius 1 is 1.15 bits per heavy atom. The minimum atomic E-state index is -0.0122. The van der Waals surface area contributed by atoms with E-state index < -0.39 is 0 Å². The summed E-state index contributed by atoms with van der Waals surface area (Å²) >= 11 is 0. The van der Waals surface area contributed by atoms with Crippen LogP contribution in [0.5, 0.6) is 0 Å². The molecule has 0 bridgehead atoms. The van der Waals surface area contributed by atoms with Crippen LogP contribution in [0.1, 0.15) is 41.8 Å². The molecule has 3 atom stereocenters. The SMILES string of the molecule is Cc1cc(Nc2ncc3c(n2)CN(C(=O)[C@H]2CCN(C)C[C@@H]2c2ccccc2)[C@H](C)C3)ccn1. The maximum atomic E-state index is 13.9. The van der Waals surface area contributed by atoms with E-state index in [9.17, 15) is 4.79 Å². The van der Waals surface area contributed by atoms with Crippen molar-refractivity contribution in [2.75, 3.05) is 25.5 Å². The average Bonchev–Trinajstić information content (AvgIpc) is 2.84. The fourth-order valence-electron chi connectivity index (χ4n) is 5.26. The number of pyridine rings is 1. The van der Waals surface area contributed by atoms with E-state index in [4.69, 9.17) is 4.98 Å². The number of likely N-dealkylation sites (tertiary alicyclic amines) is 1. The molecular weight excluding hydrogens is 424 g/mol. The van der Waals surface area contributed by atoms with Crippen LogP contribution < -0.4 is 5.32 Å². The summed E-state index contributed by atoms with van der Waals surface area (Å²) in [5.74, 6) is 0.992. The van der Waals surface area contributed by atoms with Crippen molar-refractivity contribution in [1.29, 1.82) is 0 Å². The number of aromatic nitrogens is 3. The van der Waals surface area contributed by atoms with Gasteiger partial charge in [0.2, 0.25) is 11.9 Å². The van der Waals surface area contributed by atoms with Crippen LogP contribution in [0.3, 0.4) is 0 Å². The third-order valence-corrected chi connectivity index (χ3v) is 7.12. The van der Waals surface area contributed by atoms with Gasteiger partial charge in [-0.15, -0.1) is 0 Å². The van der Waals surface area contributed by atoms with E-state index in [1.807, 2.05) is 36.2 Å². The van der Waals surface area contributed by atoms with Gasteiger partial charge in [0.25, 0.3) is 0 Å². The second kappa shape index (κ2) is 9.50. The van der Waals surface area contributed by atoms with E-state index in [1.165, 1.54) is 5.56 Å². The lowest BCUT2D eigenvalue weighted by molar-refractivity contribution is -0.141. The van der Waals surface area contributed by atoms with Crippen LogP contribution in [-0.2, 0) is 17.8 Å². The Morgan fingerprint density at radius 3 is 2.76 bits per heavy atom. The standard InChI is InChI=1S/C27H32N6O/c1-18-13-22(9-11-28-18)30-27-29-15-21-14-19(2)33(17-25(21)31-27)26(34)23-10-12-32(3)16-24(23)20-7-5-4-6-8-20/h4-9,11,13,15,19,23-24H,10,12,14,16-17H2,1-3H3,(H,28,29,30,31)/t19-,23+,24-/m1/s1. The van der Waals surface area contributed by atoms with Gasteiger partial charge in [0.1, 0.15) is 0 Å². The van der Waals surface area contributed by atoms with Crippen LogP contribution in [0.15, 0.2) is 54.9 Å². The molecule has 176 valence electrons. The Bertz CT molecular complexity index is 1170. The van der Waals surface area contributed by atoms with Crippen molar-refractivity contribution in [3.63, 3.8) is 0 Å². The number of anilines is 2. The van der Waals surface area contributed by atoms with Gasteiger partial charge >= 0.3 is 0 Å². The highest BCUT2D eigenvalue weighted by atomic mass is 16.2. The molecule has 0 aliphatic carbocycles. The van der Waals surface area contributed by atoms with Crippen LogP contribution in [0, 0.1) is 12.8 Å². The first-order valence-electron chi connectivity index (χ1n) is 12.1. The molecule has 2 aliphatic heterocycles. The van der Waals surface area contributed by atoms with Crippen LogP contribution in [0.2, 0.25) is 0 Å². The van der Waals surface area contributed by atoms with E-state index >= 15 is 0 Å². The number of benzene rings is 1. The van der Waals surface area contributed by atoms with Gasteiger partial charge in [-0.1, -0.05) is 30.3 Å². The van der Waals surface area contributed by atoms with Gasteiger partial charge in [0.05, 0.1) is 12.2 Å². The zero-order valence-corrected chi connectivity index (χ0v) is 20.1. The minimum absolute atomic E-state index is 0.0122. The number of carbonyl (C=O) groups excluding carboxylic acids is 1. The number of rotatable bonds is 4. The van der Waals surface area contributed by atoms with Gasteiger partial charge in [-0.2, -0.15) is 0 Å². The molecular formula is C27H32N6O. The molecule has 34 heavy (non-hydrogen) atoms. The summed E-state index contributed by atoms with van der Waals surface area (Å²) in [5.41, 5.74) is 5.13. The lowest BCUT2D eigenvalue weighted by Gasteiger charge is -2.42. The number of nitrogens with zero attached hydrogens (tertiary/aromatic N) is 5. The zero-order valence-electron chi connectivity index (χ0n) is 20.1. The van der Waals surface area contributed by atoms with E-state index in [-0.39, 0.29) is 23.8 Å². The first-order chi connectivity index (χ1) is 16.5. The number of aryl methyl sites for hydroxylation is 1. The predicted octanol–water partition coefficient (Wildman–Crippen LogP) is 3.93. The molecule has 3 aromatic rings. The topological polar surface area (TPSA) is 74.2 Å². The van der Waals surface area contributed by atoms with Crippen LogP contribution in [-0.4, -0.2) is 56.8 Å². The zero-order chi connectivity index (χ0) is 23.7. The molecule has 5 rings (SSSR count). The summed E-state index contributed by atoms with van der Waals surface area (Å²) in [6.45, 7) is 6.46. The molecule has 1 N–H and O–H groups in total. The van der Waals surface area contributed by atoms with Gasteiger partial charge in [0.15, 0.2) is 0 Å². The van der Waals surface area contributed by atoms with Gasteiger partial charge in [-0.25, -0.2) is 9.97 Å². The Kier molecular flexibility index (Phi) is 6.28. The largest absolute Gasteiger partial charge is 0.333 e. The molecule has 1 aromatic carbocycles. The normalized spacial score (nSPS) is 22.8. The number of amides is 1. The van der Waals surface area contributed by atoms with Crippen molar-refractivity contribution >= 4 is 17.5 Å². The number of likely N-dealkylation sites (N-methyl/N-ethyl adjacent to an activating group) is 1. The van der Waals surface area contributed by atoms with E-state index in [0.29, 0.717) is 12.5 Å². The summed E-state index contributed by atoms with van der Waals surface area (Å²) in [4.78, 5) is 31.9. The summed E-state index contributed by atoms with van der Waals surface area (Å²) in [6, 6.07) is 14.5. The molecule has 0 spiro atoms. The monoisotopic (exact) mass is 456 g/mol. The smallest absolute Gasteiger partial charge is 0.227 e. The number of carbonyl (C=O) groups is 1. The van der Waals surface area contributed by atoms with Crippen LogP contribution in [0.4, 0.5) is 11.6 Å². The number of hydrogen-bond acceptors (Lipinski definition) is 6. The van der Waals surface area contributed by atoms with Crippen molar-refractivity contribution in [3.8, 4) is 0 Å². The molecule has 0 radical (unpaired) electrons. The lowest BCUT2D eigenvalue weighted by atomic mass is 9.79. The molecule has 0 saturated carbocycles. The number of fused-ring (bicyclic) bond motifs is 1. The fraction of sp³-hybridized carbons (Fsp3) is 0.407. The number of nitrogens with one attached hydrogen (secondary N) is 1. The average molecular weight is 457 g/mol. The summed E-state index contributed by atoms with van der Waals surface area (Å²) in [5, 5.41) is 3.28. The fourth-order valence-corrected chi connectivity index (χ4v) is 5.26. The van der Waals surface area contributed by atoms with E-state index in [2.05, 4.69) is 58.4 Å². The third kappa shape index (κ3) is 4.66. The Morgan fingerprint density at radius 2 is 1.97 bits per heavy atom. The maximum absolute atomic E-state index is 13.9. The second-order valence-corrected chi connectivity index (χ2v) is 9.67. The molecule has 1 amide bonds. The minimum Gasteiger partial charge on any atom is -0.333 e. The van der Waals surface area contributed by atoms with Crippen LogP contribution >= 0.6 is 0 Å². The first-order valence-corrected chi connectivity index (χ1v) is 12.1. The Balaban J connectivity index is 1.37. The first kappa shape index (κ1) is 22.5. The predicted molar refractivity (Wildman–Crippen MR) is 133 cm³/mol.